The predicted molar refractivity (Wildman–Crippen MR) is 79.6 cm³/mol. The summed E-state index contributed by atoms with van der Waals surface area (Å²) in [7, 11) is 4.09. The van der Waals surface area contributed by atoms with Gasteiger partial charge in [0, 0.05) is 30.9 Å². The smallest absolute Gasteiger partial charge is 0.275 e. The normalized spacial score (nSPS) is 11.3. The van der Waals surface area contributed by atoms with E-state index in [-0.39, 0.29) is 5.56 Å². The maximum atomic E-state index is 12.5. The van der Waals surface area contributed by atoms with E-state index in [9.17, 15) is 4.79 Å². The van der Waals surface area contributed by atoms with Crippen LogP contribution in [0.15, 0.2) is 42.0 Å². The minimum Gasteiger partial charge on any atom is -0.339 e. The summed E-state index contributed by atoms with van der Waals surface area (Å²) in [6, 6.07) is 3.98. The van der Waals surface area contributed by atoms with Gasteiger partial charge in [-0.2, -0.15) is 0 Å². The van der Waals surface area contributed by atoms with Gasteiger partial charge in [-0.15, -0.1) is 6.58 Å². The summed E-state index contributed by atoms with van der Waals surface area (Å²) in [5, 5.41) is 0.996. The van der Waals surface area contributed by atoms with Gasteiger partial charge < -0.3 is 14.0 Å². The molecule has 0 aromatic carbocycles. The molecule has 0 saturated carbocycles. The first-order chi connectivity index (χ1) is 9.13. The van der Waals surface area contributed by atoms with Gasteiger partial charge in [0.1, 0.15) is 5.52 Å². The molecule has 2 rings (SSSR count). The summed E-state index contributed by atoms with van der Waals surface area (Å²) in [6.07, 6.45) is 6.61. The zero-order chi connectivity index (χ0) is 13.8. The molecule has 0 N–H and O–H groups in total. The lowest BCUT2D eigenvalue weighted by atomic mass is 10.3. The van der Waals surface area contributed by atoms with Crippen molar-refractivity contribution in [2.45, 2.75) is 19.5 Å². The predicted octanol–water partition coefficient (Wildman–Crippen LogP) is 1.94. The van der Waals surface area contributed by atoms with Crippen LogP contribution in [0.5, 0.6) is 0 Å². The molecular weight excluding hydrogens is 238 g/mol. The molecule has 102 valence electrons. The Morgan fingerprint density at radius 3 is 2.58 bits per heavy atom. The largest absolute Gasteiger partial charge is 0.339 e. The average molecular weight is 259 g/mol. The Kier molecular flexibility index (Phi) is 4.22. The summed E-state index contributed by atoms with van der Waals surface area (Å²) in [5.74, 6) is 0. The topological polar surface area (TPSA) is 30.2 Å². The zero-order valence-corrected chi connectivity index (χ0v) is 11.7. The third-order valence-corrected chi connectivity index (χ3v) is 3.22. The molecule has 0 atom stereocenters. The second-order valence-electron chi connectivity index (χ2n) is 5.03. The Balaban J connectivity index is 2.30. The molecule has 2 aromatic heterocycles. The Labute approximate surface area is 113 Å². The van der Waals surface area contributed by atoms with Crippen LogP contribution in [-0.2, 0) is 13.1 Å². The van der Waals surface area contributed by atoms with E-state index in [4.69, 9.17) is 0 Å². The number of nitrogens with zero attached hydrogens (tertiary/aromatic N) is 3. The number of allylic oxidation sites excluding steroid dienone is 1. The van der Waals surface area contributed by atoms with Gasteiger partial charge in [0.05, 0.1) is 0 Å². The number of hydrogen-bond donors (Lipinski definition) is 0. The van der Waals surface area contributed by atoms with Crippen molar-refractivity contribution >= 4 is 10.9 Å². The highest BCUT2D eigenvalue weighted by Gasteiger charge is 2.07. The molecule has 4 nitrogen and oxygen atoms in total. The molecule has 0 aliphatic rings. The SMILES string of the molecule is C=CCn1ccc2ccn(CCCN(C)C)c(=O)c21. The van der Waals surface area contributed by atoms with E-state index in [2.05, 4.69) is 11.5 Å². The van der Waals surface area contributed by atoms with Crippen molar-refractivity contribution in [3.05, 3.63) is 47.5 Å². The number of hydrogen-bond acceptors (Lipinski definition) is 2. The maximum absolute atomic E-state index is 12.5. The lowest BCUT2D eigenvalue weighted by molar-refractivity contribution is 0.385. The van der Waals surface area contributed by atoms with E-state index in [1.165, 1.54) is 0 Å². The molecule has 0 aliphatic carbocycles. The number of rotatable bonds is 6. The van der Waals surface area contributed by atoms with Crippen molar-refractivity contribution in [2.75, 3.05) is 20.6 Å². The maximum Gasteiger partial charge on any atom is 0.275 e. The van der Waals surface area contributed by atoms with E-state index >= 15 is 0 Å². The van der Waals surface area contributed by atoms with Crippen LogP contribution in [0.4, 0.5) is 0 Å². The third-order valence-electron chi connectivity index (χ3n) is 3.22. The summed E-state index contributed by atoms with van der Waals surface area (Å²) in [6.45, 7) is 6.14. The lowest BCUT2D eigenvalue weighted by Crippen LogP contribution is -2.23. The van der Waals surface area contributed by atoms with Gasteiger partial charge in [0.2, 0.25) is 0 Å². The molecule has 0 amide bonds. The van der Waals surface area contributed by atoms with Crippen LogP contribution in [0.1, 0.15) is 6.42 Å². The number of fused-ring (bicyclic) bond motifs is 1. The molecule has 0 aliphatic heterocycles. The molecule has 0 radical (unpaired) electrons. The van der Waals surface area contributed by atoms with Crippen molar-refractivity contribution in [1.29, 1.82) is 0 Å². The van der Waals surface area contributed by atoms with Crippen molar-refractivity contribution in [1.82, 2.24) is 14.0 Å². The molecule has 2 aromatic rings. The Morgan fingerprint density at radius 2 is 1.95 bits per heavy atom. The minimum absolute atomic E-state index is 0.0862. The van der Waals surface area contributed by atoms with Crippen LogP contribution in [0.3, 0.4) is 0 Å². The van der Waals surface area contributed by atoms with Gasteiger partial charge in [-0.05, 0) is 39.2 Å². The van der Waals surface area contributed by atoms with E-state index in [0.717, 1.165) is 30.4 Å². The molecule has 0 spiro atoms. The van der Waals surface area contributed by atoms with Gasteiger partial charge in [0.15, 0.2) is 0 Å². The molecule has 2 heterocycles. The van der Waals surface area contributed by atoms with Gasteiger partial charge in [-0.1, -0.05) is 6.08 Å². The van der Waals surface area contributed by atoms with Crippen LogP contribution >= 0.6 is 0 Å². The summed E-state index contributed by atoms with van der Waals surface area (Å²) in [4.78, 5) is 14.6. The van der Waals surface area contributed by atoms with E-state index in [1.807, 2.05) is 49.3 Å². The fourth-order valence-electron chi connectivity index (χ4n) is 2.27. The number of aryl methyl sites for hydroxylation is 1. The summed E-state index contributed by atoms with van der Waals surface area (Å²) >= 11 is 0. The van der Waals surface area contributed by atoms with Crippen LogP contribution in [0.2, 0.25) is 0 Å². The van der Waals surface area contributed by atoms with Crippen LogP contribution < -0.4 is 5.56 Å². The van der Waals surface area contributed by atoms with Gasteiger partial charge in [-0.3, -0.25) is 4.79 Å². The molecule has 4 heteroatoms. The standard InChI is InChI=1S/C15H21N3O/c1-4-8-17-11-6-13-7-12-18(15(19)14(13)17)10-5-9-16(2)3/h4,6-7,11-12H,1,5,8-10H2,2-3H3. The highest BCUT2D eigenvalue weighted by atomic mass is 16.1. The zero-order valence-electron chi connectivity index (χ0n) is 11.7. The highest BCUT2D eigenvalue weighted by molar-refractivity contribution is 5.78. The van der Waals surface area contributed by atoms with Crippen molar-refractivity contribution < 1.29 is 0 Å². The van der Waals surface area contributed by atoms with Gasteiger partial charge in [0.25, 0.3) is 5.56 Å². The van der Waals surface area contributed by atoms with Crippen LogP contribution in [0, 0.1) is 0 Å². The fourth-order valence-corrected chi connectivity index (χ4v) is 2.27. The van der Waals surface area contributed by atoms with Gasteiger partial charge >= 0.3 is 0 Å². The molecule has 0 fully saturated rings. The molecule has 19 heavy (non-hydrogen) atoms. The Morgan fingerprint density at radius 1 is 1.26 bits per heavy atom. The highest BCUT2D eigenvalue weighted by Crippen LogP contribution is 2.11. The Bertz CT molecular complexity index is 622. The van der Waals surface area contributed by atoms with Crippen LogP contribution in [0.25, 0.3) is 10.9 Å². The third kappa shape index (κ3) is 2.96. The molecule has 0 bridgehead atoms. The lowest BCUT2D eigenvalue weighted by Gasteiger charge is -2.11. The monoisotopic (exact) mass is 259 g/mol. The van der Waals surface area contributed by atoms with E-state index < -0.39 is 0 Å². The van der Waals surface area contributed by atoms with E-state index in [1.54, 1.807) is 4.57 Å². The summed E-state index contributed by atoms with van der Waals surface area (Å²) < 4.78 is 3.75. The summed E-state index contributed by atoms with van der Waals surface area (Å²) in [5.41, 5.74) is 0.857. The fraction of sp³-hybridized carbons (Fsp3) is 0.400. The Hall–Kier alpha value is -1.81. The van der Waals surface area contributed by atoms with Gasteiger partial charge in [-0.25, -0.2) is 0 Å². The quantitative estimate of drug-likeness (QED) is 0.742. The van der Waals surface area contributed by atoms with Crippen LogP contribution in [-0.4, -0.2) is 34.7 Å². The van der Waals surface area contributed by atoms with Crippen molar-refractivity contribution in [3.63, 3.8) is 0 Å². The second kappa shape index (κ2) is 5.89. The first kappa shape index (κ1) is 13.6. The first-order valence-electron chi connectivity index (χ1n) is 6.57. The van der Waals surface area contributed by atoms with E-state index in [0.29, 0.717) is 6.54 Å². The molecule has 0 unspecified atom stereocenters. The second-order valence-corrected chi connectivity index (χ2v) is 5.03. The molecule has 0 saturated heterocycles. The first-order valence-corrected chi connectivity index (χ1v) is 6.57. The molecular formula is C15H21N3O. The number of pyridine rings is 1. The minimum atomic E-state index is 0.0862. The average Bonchev–Trinajstić information content (AvgIpc) is 2.76. The number of aromatic nitrogens is 2. The van der Waals surface area contributed by atoms with Crippen molar-refractivity contribution in [3.8, 4) is 0 Å². The van der Waals surface area contributed by atoms with Crippen molar-refractivity contribution in [2.24, 2.45) is 0 Å².